The van der Waals surface area contributed by atoms with E-state index < -0.39 is 0 Å². The number of aromatic nitrogens is 4. The molecule has 0 saturated carbocycles. The first-order valence-electron chi connectivity index (χ1n) is 9.49. The molecule has 1 N–H and O–H groups in total. The number of nitrogens with zero attached hydrogens (tertiary/aromatic N) is 4. The van der Waals surface area contributed by atoms with Gasteiger partial charge in [-0.3, -0.25) is 14.5 Å². The fourth-order valence-corrected chi connectivity index (χ4v) is 5.05. The third-order valence-corrected chi connectivity index (χ3v) is 6.29. The van der Waals surface area contributed by atoms with Crippen LogP contribution in [0.1, 0.15) is 16.8 Å². The SMILES string of the molecule is O=c1[nH]c(-c2cncnc2)nc2c1CN(Cc1coc3c(Br)cc(Br)cc3c1=O)CC2. The van der Waals surface area contributed by atoms with Crippen molar-refractivity contribution in [2.24, 2.45) is 0 Å². The molecule has 0 amide bonds. The molecule has 1 aliphatic rings. The maximum absolute atomic E-state index is 13.0. The zero-order valence-corrected chi connectivity index (χ0v) is 19.2. The Bertz CT molecular complexity index is 1420. The first kappa shape index (κ1) is 20.2. The largest absolute Gasteiger partial charge is 0.463 e. The smallest absolute Gasteiger partial charge is 0.255 e. The Kier molecular flexibility index (Phi) is 5.28. The molecule has 0 saturated heterocycles. The summed E-state index contributed by atoms with van der Waals surface area (Å²) in [6.07, 6.45) is 6.76. The van der Waals surface area contributed by atoms with Crippen LogP contribution in [-0.2, 0) is 19.5 Å². The van der Waals surface area contributed by atoms with Crippen molar-refractivity contribution in [3.63, 3.8) is 0 Å². The first-order valence-corrected chi connectivity index (χ1v) is 11.1. The summed E-state index contributed by atoms with van der Waals surface area (Å²) < 4.78 is 7.23. The average molecular weight is 545 g/mol. The number of benzene rings is 1. The minimum Gasteiger partial charge on any atom is -0.463 e. The lowest BCUT2D eigenvalue weighted by molar-refractivity contribution is 0.239. The van der Waals surface area contributed by atoms with Gasteiger partial charge in [0.15, 0.2) is 11.0 Å². The minimum atomic E-state index is -0.188. The van der Waals surface area contributed by atoms with Crippen molar-refractivity contribution in [1.29, 1.82) is 0 Å². The molecule has 1 aromatic carbocycles. The van der Waals surface area contributed by atoms with E-state index in [1.165, 1.54) is 12.6 Å². The van der Waals surface area contributed by atoms with Crippen LogP contribution in [0.4, 0.5) is 0 Å². The number of nitrogens with one attached hydrogen (secondary N) is 1. The van der Waals surface area contributed by atoms with Crippen molar-refractivity contribution < 1.29 is 4.42 Å². The van der Waals surface area contributed by atoms with Crippen molar-refractivity contribution in [3.05, 3.63) is 83.5 Å². The molecule has 0 aliphatic carbocycles. The van der Waals surface area contributed by atoms with Gasteiger partial charge in [-0.2, -0.15) is 0 Å². The predicted molar refractivity (Wildman–Crippen MR) is 122 cm³/mol. The summed E-state index contributed by atoms with van der Waals surface area (Å²) in [5, 5.41) is 0.505. The van der Waals surface area contributed by atoms with Gasteiger partial charge in [-0.15, -0.1) is 0 Å². The zero-order valence-electron chi connectivity index (χ0n) is 16.1. The van der Waals surface area contributed by atoms with E-state index in [9.17, 15) is 9.59 Å². The normalized spacial score (nSPS) is 14.0. The van der Waals surface area contributed by atoms with Crippen LogP contribution in [0, 0.1) is 0 Å². The molecule has 5 rings (SSSR count). The lowest BCUT2D eigenvalue weighted by Crippen LogP contribution is -2.36. The number of hydrogen-bond donors (Lipinski definition) is 1. The molecule has 156 valence electrons. The summed E-state index contributed by atoms with van der Waals surface area (Å²) in [6, 6.07) is 3.59. The van der Waals surface area contributed by atoms with Gasteiger partial charge < -0.3 is 9.40 Å². The molecular formula is C21H15Br2N5O3. The van der Waals surface area contributed by atoms with Crippen LogP contribution in [0.5, 0.6) is 0 Å². The monoisotopic (exact) mass is 543 g/mol. The maximum Gasteiger partial charge on any atom is 0.255 e. The summed E-state index contributed by atoms with van der Waals surface area (Å²) in [5.74, 6) is 0.462. The second kappa shape index (κ2) is 8.10. The molecule has 10 heteroatoms. The van der Waals surface area contributed by atoms with Gasteiger partial charge in [0, 0.05) is 48.5 Å². The number of rotatable bonds is 3. The fraction of sp³-hybridized carbons (Fsp3) is 0.190. The van der Waals surface area contributed by atoms with E-state index in [0.29, 0.717) is 64.0 Å². The summed E-state index contributed by atoms with van der Waals surface area (Å²) in [6.45, 7) is 1.46. The molecule has 4 aromatic rings. The summed E-state index contributed by atoms with van der Waals surface area (Å²) in [7, 11) is 0. The standard InChI is InChI=1S/C21H15Br2N5O3/c22-13-3-14-18(29)12(9-31-19(14)16(23)4-13)7-28-2-1-17-15(8-28)21(30)27-20(26-17)11-5-24-10-25-6-11/h3-6,9-10H,1-2,7-8H2,(H,26,27,30). The molecule has 8 nitrogen and oxygen atoms in total. The molecule has 0 fully saturated rings. The van der Waals surface area contributed by atoms with Gasteiger partial charge in [-0.1, -0.05) is 15.9 Å². The molecule has 0 radical (unpaired) electrons. The summed E-state index contributed by atoms with van der Waals surface area (Å²) >= 11 is 6.84. The number of aromatic amines is 1. The highest BCUT2D eigenvalue weighted by Crippen LogP contribution is 2.27. The lowest BCUT2D eigenvalue weighted by Gasteiger charge is -2.27. The Labute approximate surface area is 192 Å². The fourth-order valence-electron chi connectivity index (χ4n) is 3.73. The van der Waals surface area contributed by atoms with Gasteiger partial charge in [0.05, 0.1) is 32.9 Å². The van der Waals surface area contributed by atoms with Crippen LogP contribution < -0.4 is 11.0 Å². The maximum atomic E-state index is 13.0. The van der Waals surface area contributed by atoms with Crippen LogP contribution in [0.2, 0.25) is 0 Å². The summed E-state index contributed by atoms with van der Waals surface area (Å²) in [4.78, 5) is 43.2. The number of fused-ring (bicyclic) bond motifs is 2. The third kappa shape index (κ3) is 3.86. The molecule has 3 aromatic heterocycles. The van der Waals surface area contributed by atoms with E-state index in [4.69, 9.17) is 4.42 Å². The Balaban J connectivity index is 1.44. The quantitative estimate of drug-likeness (QED) is 0.421. The predicted octanol–water partition coefficient (Wildman–Crippen LogP) is 3.42. The minimum absolute atomic E-state index is 0.0829. The van der Waals surface area contributed by atoms with E-state index in [2.05, 4.69) is 56.7 Å². The molecule has 0 atom stereocenters. The molecular weight excluding hydrogens is 530 g/mol. The van der Waals surface area contributed by atoms with Crippen LogP contribution >= 0.6 is 31.9 Å². The van der Waals surface area contributed by atoms with Gasteiger partial charge >= 0.3 is 0 Å². The van der Waals surface area contributed by atoms with Crippen LogP contribution in [0.15, 0.2) is 60.1 Å². The zero-order chi connectivity index (χ0) is 21.5. The molecule has 0 spiro atoms. The topological polar surface area (TPSA) is 105 Å². The second-order valence-electron chi connectivity index (χ2n) is 7.28. The van der Waals surface area contributed by atoms with Crippen LogP contribution in [-0.4, -0.2) is 31.4 Å². The Morgan fingerprint density at radius 3 is 2.77 bits per heavy atom. The number of H-pyrrole nitrogens is 1. The van der Waals surface area contributed by atoms with Crippen molar-refractivity contribution in [1.82, 2.24) is 24.8 Å². The van der Waals surface area contributed by atoms with Gasteiger partial charge in [0.25, 0.3) is 5.56 Å². The lowest BCUT2D eigenvalue weighted by atomic mass is 10.1. The average Bonchev–Trinajstić information content (AvgIpc) is 2.77. The summed E-state index contributed by atoms with van der Waals surface area (Å²) in [5.41, 5.74) is 2.82. The van der Waals surface area contributed by atoms with Crippen LogP contribution in [0.25, 0.3) is 22.4 Å². The first-order chi connectivity index (χ1) is 15.0. The molecule has 0 unspecified atom stereocenters. The number of halogens is 2. The highest BCUT2D eigenvalue weighted by atomic mass is 79.9. The third-order valence-electron chi connectivity index (χ3n) is 5.24. The van der Waals surface area contributed by atoms with E-state index in [-0.39, 0.29) is 11.0 Å². The Morgan fingerprint density at radius 2 is 1.97 bits per heavy atom. The molecule has 31 heavy (non-hydrogen) atoms. The van der Waals surface area contributed by atoms with Crippen LogP contribution in [0.3, 0.4) is 0 Å². The van der Waals surface area contributed by atoms with Crippen molar-refractivity contribution in [2.45, 2.75) is 19.5 Å². The molecule has 4 heterocycles. The van der Waals surface area contributed by atoms with E-state index in [1.807, 2.05) is 6.07 Å². The van der Waals surface area contributed by atoms with Gasteiger partial charge in [-0.25, -0.2) is 15.0 Å². The highest BCUT2D eigenvalue weighted by Gasteiger charge is 2.23. The highest BCUT2D eigenvalue weighted by molar-refractivity contribution is 9.11. The van der Waals surface area contributed by atoms with Gasteiger partial charge in [0.2, 0.25) is 0 Å². The molecule has 1 aliphatic heterocycles. The van der Waals surface area contributed by atoms with Gasteiger partial charge in [-0.05, 0) is 28.1 Å². The Hall–Kier alpha value is -2.69. The van der Waals surface area contributed by atoms with E-state index in [1.54, 1.807) is 18.5 Å². The number of hydrogen-bond acceptors (Lipinski definition) is 7. The van der Waals surface area contributed by atoms with Gasteiger partial charge in [0.1, 0.15) is 12.2 Å². The van der Waals surface area contributed by atoms with Crippen molar-refractivity contribution in [3.8, 4) is 11.4 Å². The van der Waals surface area contributed by atoms with E-state index >= 15 is 0 Å². The van der Waals surface area contributed by atoms with Crippen molar-refractivity contribution in [2.75, 3.05) is 6.54 Å². The Morgan fingerprint density at radius 1 is 1.16 bits per heavy atom. The van der Waals surface area contributed by atoms with E-state index in [0.717, 1.165) is 10.2 Å². The molecule has 0 bridgehead atoms. The van der Waals surface area contributed by atoms with Crippen molar-refractivity contribution >= 4 is 42.8 Å². The second-order valence-corrected chi connectivity index (χ2v) is 9.05.